The van der Waals surface area contributed by atoms with Crippen molar-refractivity contribution in [3.05, 3.63) is 69.3 Å². The Bertz CT molecular complexity index is 1220. The number of para-hydroxylation sites is 1. The van der Waals surface area contributed by atoms with Crippen LogP contribution < -0.4 is 31.4 Å². The Kier molecular flexibility index (Phi) is 6.25. The average Bonchev–Trinajstić information content (AvgIpc) is 2.80. The van der Waals surface area contributed by atoms with Gasteiger partial charge < -0.3 is 25.1 Å². The topological polar surface area (TPSA) is 83.8 Å². The number of fused-ring (bicyclic) bond motifs is 1. The van der Waals surface area contributed by atoms with Gasteiger partial charge in [-0.05, 0) is 35.6 Å². The molecular weight excluding hydrogens is 392 g/mol. The van der Waals surface area contributed by atoms with Crippen molar-refractivity contribution >= 4 is 29.0 Å². The predicted octanol–water partition coefficient (Wildman–Crippen LogP) is 0.810. The number of nitrogens with two attached hydrogens (primary N) is 1. The van der Waals surface area contributed by atoms with E-state index in [4.69, 9.17) is 15.2 Å². The van der Waals surface area contributed by atoms with Crippen LogP contribution >= 0.6 is 0 Å². The summed E-state index contributed by atoms with van der Waals surface area (Å²) in [7, 11) is 1.83. The second-order valence-corrected chi connectivity index (χ2v) is 7.60. The lowest BCUT2D eigenvalue weighted by atomic mass is 10.1. The number of hydrogen-bond donors (Lipinski definition) is 2. The molecule has 1 aliphatic rings. The third-order valence-electron chi connectivity index (χ3n) is 5.63. The first-order valence-corrected chi connectivity index (χ1v) is 10.4. The SMILES string of the molecule is C=c1/c(=C(/N)N(C)c2ccccc2)c(=O)[nH]c2ccc(OCCN3CCOCC3)cc12. The number of H-pyrrole nitrogens is 1. The summed E-state index contributed by atoms with van der Waals surface area (Å²) in [6, 6.07) is 15.3. The number of anilines is 1. The first-order chi connectivity index (χ1) is 15.0. The van der Waals surface area contributed by atoms with Gasteiger partial charge >= 0.3 is 0 Å². The molecular formula is C24H28N4O3. The molecule has 1 aromatic heterocycles. The molecule has 1 saturated heterocycles. The highest BCUT2D eigenvalue weighted by molar-refractivity contribution is 5.81. The molecule has 162 valence electrons. The number of rotatable bonds is 6. The first-order valence-electron chi connectivity index (χ1n) is 10.4. The Morgan fingerprint density at radius 3 is 2.71 bits per heavy atom. The number of ether oxygens (including phenoxy) is 2. The van der Waals surface area contributed by atoms with E-state index in [1.165, 1.54) is 0 Å². The summed E-state index contributed by atoms with van der Waals surface area (Å²) in [5.41, 5.74) is 7.73. The number of aromatic nitrogens is 1. The second kappa shape index (κ2) is 9.24. The highest BCUT2D eigenvalue weighted by Crippen LogP contribution is 2.16. The number of nitrogens with one attached hydrogen (secondary N) is 1. The van der Waals surface area contributed by atoms with Crippen molar-refractivity contribution in [3.8, 4) is 5.75 Å². The summed E-state index contributed by atoms with van der Waals surface area (Å²) in [4.78, 5) is 19.8. The van der Waals surface area contributed by atoms with Crippen molar-refractivity contribution in [2.24, 2.45) is 5.73 Å². The lowest BCUT2D eigenvalue weighted by molar-refractivity contribution is 0.0322. The fraction of sp³-hybridized carbons (Fsp3) is 0.292. The van der Waals surface area contributed by atoms with Crippen LogP contribution in [0, 0.1) is 0 Å². The van der Waals surface area contributed by atoms with Crippen molar-refractivity contribution in [3.63, 3.8) is 0 Å². The van der Waals surface area contributed by atoms with Gasteiger partial charge in [0.05, 0.1) is 18.4 Å². The fourth-order valence-corrected chi connectivity index (χ4v) is 3.78. The number of morpholine rings is 1. The minimum absolute atomic E-state index is 0.265. The van der Waals surface area contributed by atoms with E-state index in [9.17, 15) is 4.79 Å². The maximum Gasteiger partial charge on any atom is 0.259 e. The van der Waals surface area contributed by atoms with Crippen LogP contribution in [0.15, 0.2) is 53.3 Å². The third kappa shape index (κ3) is 4.57. The Hall–Kier alpha value is -3.29. The Labute approximate surface area is 181 Å². The molecule has 0 bridgehead atoms. The lowest BCUT2D eigenvalue weighted by Gasteiger charge is -2.26. The van der Waals surface area contributed by atoms with Crippen LogP contribution in [0.1, 0.15) is 0 Å². The number of aromatic amines is 1. The van der Waals surface area contributed by atoms with Gasteiger partial charge in [0.1, 0.15) is 18.2 Å². The third-order valence-corrected chi connectivity index (χ3v) is 5.63. The molecule has 3 aromatic rings. The Balaban J connectivity index is 1.64. The molecule has 0 aliphatic carbocycles. The van der Waals surface area contributed by atoms with Gasteiger partial charge in [-0.25, -0.2) is 0 Å². The Morgan fingerprint density at radius 2 is 1.97 bits per heavy atom. The molecule has 0 amide bonds. The highest BCUT2D eigenvalue weighted by atomic mass is 16.5. The molecule has 7 heteroatoms. The van der Waals surface area contributed by atoms with E-state index < -0.39 is 0 Å². The maximum atomic E-state index is 12.8. The smallest absolute Gasteiger partial charge is 0.259 e. The summed E-state index contributed by atoms with van der Waals surface area (Å²) < 4.78 is 11.3. The van der Waals surface area contributed by atoms with Crippen molar-refractivity contribution in [1.82, 2.24) is 9.88 Å². The normalized spacial score (nSPS) is 15.6. The number of hydrogen-bond acceptors (Lipinski definition) is 6. The maximum absolute atomic E-state index is 12.8. The van der Waals surface area contributed by atoms with Gasteiger partial charge in [-0.3, -0.25) is 9.69 Å². The van der Waals surface area contributed by atoms with Crippen molar-refractivity contribution in [2.45, 2.75) is 0 Å². The molecule has 0 spiro atoms. The molecule has 4 rings (SSSR count). The molecule has 3 N–H and O–H groups in total. The molecule has 0 saturated carbocycles. The van der Waals surface area contributed by atoms with Gasteiger partial charge in [0.25, 0.3) is 5.56 Å². The van der Waals surface area contributed by atoms with E-state index in [1.807, 2.05) is 55.6 Å². The molecule has 1 fully saturated rings. The number of nitrogens with zero attached hydrogens (tertiary/aromatic N) is 2. The van der Waals surface area contributed by atoms with Crippen LogP contribution in [0.3, 0.4) is 0 Å². The van der Waals surface area contributed by atoms with Crippen LogP contribution in [0.25, 0.3) is 23.3 Å². The number of pyridine rings is 1. The van der Waals surface area contributed by atoms with Gasteiger partial charge in [0, 0.05) is 43.3 Å². The summed E-state index contributed by atoms with van der Waals surface area (Å²) in [5, 5.41) is 1.75. The van der Waals surface area contributed by atoms with Crippen molar-refractivity contribution in [1.29, 1.82) is 0 Å². The second-order valence-electron chi connectivity index (χ2n) is 7.60. The minimum Gasteiger partial charge on any atom is -0.492 e. The van der Waals surface area contributed by atoms with E-state index in [0.717, 1.165) is 49.7 Å². The monoisotopic (exact) mass is 420 g/mol. The molecule has 0 atom stereocenters. The van der Waals surface area contributed by atoms with Crippen molar-refractivity contribution in [2.75, 3.05) is 51.4 Å². The van der Waals surface area contributed by atoms with E-state index in [0.29, 0.717) is 28.4 Å². The zero-order valence-corrected chi connectivity index (χ0v) is 17.8. The summed E-state index contributed by atoms with van der Waals surface area (Å²) >= 11 is 0. The van der Waals surface area contributed by atoms with E-state index in [2.05, 4.69) is 16.5 Å². The van der Waals surface area contributed by atoms with E-state index in [-0.39, 0.29) is 5.56 Å². The van der Waals surface area contributed by atoms with E-state index >= 15 is 0 Å². The van der Waals surface area contributed by atoms with Gasteiger partial charge in [-0.2, -0.15) is 0 Å². The van der Waals surface area contributed by atoms with Crippen LogP contribution in [-0.2, 0) is 4.74 Å². The molecule has 1 aliphatic heterocycles. The predicted molar refractivity (Wildman–Crippen MR) is 125 cm³/mol. The zero-order chi connectivity index (χ0) is 21.8. The molecule has 0 unspecified atom stereocenters. The molecule has 31 heavy (non-hydrogen) atoms. The van der Waals surface area contributed by atoms with Gasteiger partial charge in [-0.15, -0.1) is 0 Å². The van der Waals surface area contributed by atoms with Crippen LogP contribution in [-0.4, -0.2) is 56.4 Å². The zero-order valence-electron chi connectivity index (χ0n) is 17.8. The summed E-state index contributed by atoms with van der Waals surface area (Å²) in [6.07, 6.45) is 0. The molecule has 7 nitrogen and oxygen atoms in total. The quantitative estimate of drug-likeness (QED) is 0.614. The van der Waals surface area contributed by atoms with Gasteiger partial charge in [0.2, 0.25) is 0 Å². The van der Waals surface area contributed by atoms with Crippen LogP contribution in [0.2, 0.25) is 0 Å². The fourth-order valence-electron chi connectivity index (χ4n) is 3.78. The summed E-state index contributed by atoms with van der Waals surface area (Å²) in [5.74, 6) is 1.08. The first kappa shape index (κ1) is 21.0. The molecule has 0 radical (unpaired) electrons. The minimum atomic E-state index is -0.265. The number of benzene rings is 2. The van der Waals surface area contributed by atoms with Crippen LogP contribution in [0.5, 0.6) is 5.75 Å². The Morgan fingerprint density at radius 1 is 1.23 bits per heavy atom. The highest BCUT2D eigenvalue weighted by Gasteiger charge is 2.11. The largest absolute Gasteiger partial charge is 0.492 e. The molecule has 2 aromatic carbocycles. The van der Waals surface area contributed by atoms with Gasteiger partial charge in [0.15, 0.2) is 0 Å². The van der Waals surface area contributed by atoms with Gasteiger partial charge in [-0.1, -0.05) is 24.8 Å². The van der Waals surface area contributed by atoms with Crippen molar-refractivity contribution < 1.29 is 9.47 Å². The lowest BCUT2D eigenvalue weighted by Crippen LogP contribution is -2.47. The average molecular weight is 421 g/mol. The van der Waals surface area contributed by atoms with E-state index in [1.54, 1.807) is 4.90 Å². The standard InChI is InChI=1S/C24H28N4O3/c1-17-20-16-19(31-15-12-28-10-13-30-14-11-28)8-9-21(20)26-24(29)22(17)23(25)27(2)18-6-4-3-5-7-18/h3-9,16H,1,10-15,25H2,2H3,(H,26,29)/b23-22+. The van der Waals surface area contributed by atoms with Crippen LogP contribution in [0.4, 0.5) is 5.69 Å². The summed E-state index contributed by atoms with van der Waals surface area (Å²) in [6.45, 7) is 9.00. The molecule has 2 heterocycles.